The number of thiophene rings is 1. The smallest absolute Gasteiger partial charge is 0.338 e. The zero-order chi connectivity index (χ0) is 19.3. The van der Waals surface area contributed by atoms with Gasteiger partial charge in [0, 0.05) is 7.05 Å². The first-order valence-corrected chi connectivity index (χ1v) is 10.1. The number of aryl methyl sites for hydroxylation is 3. The first-order chi connectivity index (χ1) is 13.6. The standard InChI is InChI=1S/C20H18N4O3S/c1-23-18(25)17-15(8-9-28-17)24-16(21-22-20(23)24)11-27-19(26)14-7-6-12-4-2-3-5-13(12)10-14/h6-10H,2-5,11H2,1H3. The van der Waals surface area contributed by atoms with Crippen molar-refractivity contribution >= 4 is 33.3 Å². The van der Waals surface area contributed by atoms with Gasteiger partial charge in [-0.25, -0.2) is 4.79 Å². The molecule has 3 aromatic heterocycles. The van der Waals surface area contributed by atoms with Crippen molar-refractivity contribution in [1.82, 2.24) is 19.2 Å². The summed E-state index contributed by atoms with van der Waals surface area (Å²) in [5.74, 6) is 0.535. The summed E-state index contributed by atoms with van der Waals surface area (Å²) in [6.07, 6.45) is 4.45. The van der Waals surface area contributed by atoms with E-state index in [1.54, 1.807) is 11.4 Å². The topological polar surface area (TPSA) is 78.5 Å². The minimum atomic E-state index is -0.378. The number of fused-ring (bicyclic) bond motifs is 4. The SMILES string of the molecule is Cn1c(=O)c2sccc2n2c(COC(=O)c3ccc4c(c3)CCCC4)nnc12. The molecule has 0 atom stereocenters. The second-order valence-corrected chi connectivity index (χ2v) is 7.93. The normalized spacial score (nSPS) is 13.8. The molecule has 0 bridgehead atoms. The number of carbonyl (C=O) groups excluding carboxylic acids is 1. The Balaban J connectivity index is 1.45. The Morgan fingerprint density at radius 3 is 2.86 bits per heavy atom. The molecule has 0 saturated heterocycles. The van der Waals surface area contributed by atoms with Crippen molar-refractivity contribution in [3.63, 3.8) is 0 Å². The van der Waals surface area contributed by atoms with Gasteiger partial charge in [-0.05, 0) is 60.4 Å². The predicted octanol–water partition coefficient (Wildman–Crippen LogP) is 2.88. The van der Waals surface area contributed by atoms with E-state index in [4.69, 9.17) is 4.74 Å². The highest BCUT2D eigenvalue weighted by molar-refractivity contribution is 7.17. The monoisotopic (exact) mass is 394 g/mol. The number of benzene rings is 1. The molecule has 7 nitrogen and oxygen atoms in total. The Morgan fingerprint density at radius 2 is 2.00 bits per heavy atom. The lowest BCUT2D eigenvalue weighted by molar-refractivity contribution is 0.0461. The fourth-order valence-electron chi connectivity index (χ4n) is 3.82. The lowest BCUT2D eigenvalue weighted by Crippen LogP contribution is -2.19. The van der Waals surface area contributed by atoms with Crippen LogP contribution in [0.5, 0.6) is 0 Å². The van der Waals surface area contributed by atoms with Gasteiger partial charge in [0.2, 0.25) is 5.78 Å². The maximum absolute atomic E-state index is 12.6. The molecule has 8 heteroatoms. The molecule has 5 rings (SSSR count). The van der Waals surface area contributed by atoms with Crippen LogP contribution in [-0.2, 0) is 31.2 Å². The van der Waals surface area contributed by atoms with Crippen molar-refractivity contribution in [2.24, 2.45) is 7.05 Å². The minimum absolute atomic E-state index is 0.0137. The molecule has 0 unspecified atom stereocenters. The number of ether oxygens (including phenoxy) is 1. The molecular weight excluding hydrogens is 376 g/mol. The summed E-state index contributed by atoms with van der Waals surface area (Å²) in [6, 6.07) is 7.66. The third-order valence-electron chi connectivity index (χ3n) is 5.31. The van der Waals surface area contributed by atoms with Crippen molar-refractivity contribution in [2.45, 2.75) is 32.3 Å². The van der Waals surface area contributed by atoms with E-state index in [-0.39, 0.29) is 18.1 Å². The molecule has 28 heavy (non-hydrogen) atoms. The van der Waals surface area contributed by atoms with E-state index in [0.717, 1.165) is 24.8 Å². The average molecular weight is 394 g/mol. The summed E-state index contributed by atoms with van der Waals surface area (Å²) in [7, 11) is 1.66. The predicted molar refractivity (Wildman–Crippen MR) is 106 cm³/mol. The maximum Gasteiger partial charge on any atom is 0.338 e. The molecule has 1 aliphatic carbocycles. The molecule has 3 heterocycles. The van der Waals surface area contributed by atoms with Crippen LogP contribution in [0.2, 0.25) is 0 Å². The molecule has 0 aliphatic heterocycles. The third kappa shape index (κ3) is 2.63. The molecule has 0 radical (unpaired) electrons. The van der Waals surface area contributed by atoms with E-state index in [2.05, 4.69) is 10.2 Å². The van der Waals surface area contributed by atoms with Crippen LogP contribution >= 0.6 is 11.3 Å². The van der Waals surface area contributed by atoms with Gasteiger partial charge in [0.1, 0.15) is 4.70 Å². The van der Waals surface area contributed by atoms with Gasteiger partial charge in [0.15, 0.2) is 12.4 Å². The molecule has 0 amide bonds. The molecule has 0 N–H and O–H groups in total. The number of esters is 1. The summed E-state index contributed by atoms with van der Waals surface area (Å²) in [4.78, 5) is 25.0. The number of hydrogen-bond acceptors (Lipinski definition) is 6. The zero-order valence-electron chi connectivity index (χ0n) is 15.3. The van der Waals surface area contributed by atoms with E-state index in [1.165, 1.54) is 33.5 Å². The van der Waals surface area contributed by atoms with Crippen molar-refractivity contribution in [3.05, 3.63) is 62.5 Å². The Morgan fingerprint density at radius 1 is 1.18 bits per heavy atom. The molecule has 142 valence electrons. The van der Waals surface area contributed by atoms with Gasteiger partial charge in [0.05, 0.1) is 11.1 Å². The lowest BCUT2D eigenvalue weighted by atomic mass is 9.90. The van der Waals surface area contributed by atoms with Crippen LogP contribution in [0.3, 0.4) is 0 Å². The molecule has 0 saturated carbocycles. The number of nitrogens with zero attached hydrogens (tertiary/aromatic N) is 4. The number of carbonyl (C=O) groups is 1. The molecule has 4 aromatic rings. The van der Waals surface area contributed by atoms with Crippen molar-refractivity contribution in [2.75, 3.05) is 0 Å². The highest BCUT2D eigenvalue weighted by Gasteiger charge is 2.18. The fraction of sp³-hybridized carbons (Fsp3) is 0.300. The summed E-state index contributed by atoms with van der Waals surface area (Å²) in [6.45, 7) is -0.0137. The van der Waals surface area contributed by atoms with Gasteiger partial charge in [-0.1, -0.05) is 6.07 Å². The quantitative estimate of drug-likeness (QED) is 0.499. The first kappa shape index (κ1) is 17.1. The van der Waals surface area contributed by atoms with E-state index < -0.39 is 0 Å². The molecule has 0 fully saturated rings. The van der Waals surface area contributed by atoms with Gasteiger partial charge in [-0.3, -0.25) is 13.8 Å². The van der Waals surface area contributed by atoms with Crippen LogP contribution in [-0.4, -0.2) is 25.1 Å². The Labute approximate surface area is 164 Å². The largest absolute Gasteiger partial charge is 0.454 e. The van der Waals surface area contributed by atoms with Gasteiger partial charge in [0.25, 0.3) is 5.56 Å². The Bertz CT molecular complexity index is 1280. The zero-order valence-corrected chi connectivity index (χ0v) is 16.2. The van der Waals surface area contributed by atoms with Crippen LogP contribution in [0.4, 0.5) is 0 Å². The molecule has 1 aromatic carbocycles. The summed E-state index contributed by atoms with van der Waals surface area (Å²) >= 11 is 1.37. The van der Waals surface area contributed by atoms with Gasteiger partial charge in [-0.15, -0.1) is 21.5 Å². The van der Waals surface area contributed by atoms with Crippen molar-refractivity contribution in [3.8, 4) is 0 Å². The highest BCUT2D eigenvalue weighted by Crippen LogP contribution is 2.23. The van der Waals surface area contributed by atoms with Crippen LogP contribution in [0, 0.1) is 0 Å². The summed E-state index contributed by atoms with van der Waals surface area (Å²) < 4.78 is 9.37. The second-order valence-electron chi connectivity index (χ2n) is 7.02. The highest BCUT2D eigenvalue weighted by atomic mass is 32.1. The molecule has 1 aliphatic rings. The fourth-order valence-corrected chi connectivity index (χ4v) is 4.67. The van der Waals surface area contributed by atoms with Crippen LogP contribution < -0.4 is 5.56 Å². The maximum atomic E-state index is 12.6. The minimum Gasteiger partial charge on any atom is -0.454 e. The van der Waals surface area contributed by atoms with Crippen LogP contribution in [0.15, 0.2) is 34.4 Å². The third-order valence-corrected chi connectivity index (χ3v) is 6.21. The summed E-state index contributed by atoms with van der Waals surface area (Å²) in [5.41, 5.74) is 3.74. The second kappa shape index (κ2) is 6.56. The average Bonchev–Trinajstić information content (AvgIpc) is 3.36. The van der Waals surface area contributed by atoms with Crippen molar-refractivity contribution in [1.29, 1.82) is 0 Å². The molecular formula is C20H18N4O3S. The van der Waals surface area contributed by atoms with Crippen LogP contribution in [0.1, 0.15) is 40.2 Å². The number of aromatic nitrogens is 4. The Kier molecular flexibility index (Phi) is 4.01. The van der Waals surface area contributed by atoms with Gasteiger partial charge in [-0.2, -0.15) is 0 Å². The number of hydrogen-bond donors (Lipinski definition) is 0. The number of rotatable bonds is 3. The van der Waals surface area contributed by atoms with E-state index >= 15 is 0 Å². The lowest BCUT2D eigenvalue weighted by Gasteiger charge is -2.16. The van der Waals surface area contributed by atoms with E-state index in [9.17, 15) is 9.59 Å². The van der Waals surface area contributed by atoms with Crippen LogP contribution in [0.25, 0.3) is 16.0 Å². The molecule has 0 spiro atoms. The summed E-state index contributed by atoms with van der Waals surface area (Å²) in [5, 5.41) is 10.1. The first-order valence-electron chi connectivity index (χ1n) is 9.22. The van der Waals surface area contributed by atoms with Gasteiger partial charge < -0.3 is 4.74 Å². The van der Waals surface area contributed by atoms with E-state index in [1.807, 2.05) is 29.6 Å². The van der Waals surface area contributed by atoms with Crippen molar-refractivity contribution < 1.29 is 9.53 Å². The van der Waals surface area contributed by atoms with E-state index in [0.29, 0.717) is 21.9 Å². The Hall–Kier alpha value is -3.00. The van der Waals surface area contributed by atoms with Gasteiger partial charge >= 0.3 is 5.97 Å².